The van der Waals surface area contributed by atoms with E-state index in [4.69, 9.17) is 11.6 Å². The van der Waals surface area contributed by atoms with Crippen LogP contribution < -0.4 is 5.32 Å². The number of nitrogens with one attached hydrogen (secondary N) is 1. The van der Waals surface area contributed by atoms with Gasteiger partial charge in [-0.1, -0.05) is 29.0 Å². The number of carbonyl (C=O) groups excluding carboxylic acids is 2. The Bertz CT molecular complexity index is 994. The Morgan fingerprint density at radius 2 is 2.24 bits per heavy atom. The third-order valence-electron chi connectivity index (χ3n) is 4.16. The molecule has 1 aromatic carbocycles. The lowest BCUT2D eigenvalue weighted by Gasteiger charge is -2.41. The number of rotatable bonds is 2. The lowest BCUT2D eigenvalue weighted by molar-refractivity contribution is -0.130. The highest BCUT2D eigenvalue weighted by Gasteiger charge is 2.45. The zero-order chi connectivity index (χ0) is 17.6. The molecule has 1 atom stereocenters. The molecule has 4 rings (SSSR count). The van der Waals surface area contributed by atoms with E-state index in [0.717, 1.165) is 10.2 Å². The fraction of sp³-hybridized carbons (Fsp3) is 0.176. The first-order valence-corrected chi connectivity index (χ1v) is 8.78. The van der Waals surface area contributed by atoms with E-state index < -0.39 is 5.54 Å². The van der Waals surface area contributed by atoms with Crippen molar-refractivity contribution in [3.63, 3.8) is 0 Å². The van der Waals surface area contributed by atoms with E-state index in [-0.39, 0.29) is 18.2 Å². The van der Waals surface area contributed by atoms with Gasteiger partial charge in [-0.25, -0.2) is 4.98 Å². The molecular formula is C17H13ClN4O2S. The summed E-state index contributed by atoms with van der Waals surface area (Å²) >= 11 is 7.33. The first kappa shape index (κ1) is 16.0. The normalized spacial score (nSPS) is 22.1. The molecule has 25 heavy (non-hydrogen) atoms. The van der Waals surface area contributed by atoms with Gasteiger partial charge in [0.25, 0.3) is 11.8 Å². The molecule has 2 aromatic rings. The number of hydrogen-bond acceptors (Lipinski definition) is 5. The van der Waals surface area contributed by atoms with Crippen molar-refractivity contribution in [1.82, 2.24) is 9.88 Å². The molecule has 1 unspecified atom stereocenters. The van der Waals surface area contributed by atoms with Gasteiger partial charge in [0.05, 0.1) is 16.6 Å². The molecule has 0 aliphatic carbocycles. The second-order valence-electron chi connectivity index (χ2n) is 5.97. The average Bonchev–Trinajstić information content (AvgIpc) is 2.96. The Morgan fingerprint density at radius 3 is 3.08 bits per heavy atom. The number of aliphatic imine (C=N–C) groups is 1. The zero-order valence-electron chi connectivity index (χ0n) is 13.2. The highest BCUT2D eigenvalue weighted by molar-refractivity contribution is 7.22. The molecule has 1 aromatic heterocycles. The van der Waals surface area contributed by atoms with Crippen LogP contribution >= 0.6 is 22.9 Å². The van der Waals surface area contributed by atoms with Gasteiger partial charge in [-0.3, -0.25) is 14.9 Å². The van der Waals surface area contributed by atoms with Gasteiger partial charge in [-0.2, -0.15) is 4.99 Å². The highest BCUT2D eigenvalue weighted by Crippen LogP contribution is 2.32. The molecule has 2 aliphatic rings. The summed E-state index contributed by atoms with van der Waals surface area (Å²) in [5, 5.41) is 3.92. The minimum Gasteiger partial charge on any atom is -0.317 e. The van der Waals surface area contributed by atoms with Gasteiger partial charge in [0.1, 0.15) is 11.4 Å². The van der Waals surface area contributed by atoms with Crippen LogP contribution in [0.2, 0.25) is 5.02 Å². The maximum absolute atomic E-state index is 13.0. The topological polar surface area (TPSA) is 74.7 Å². The molecule has 0 saturated heterocycles. The number of thiazole rings is 1. The molecule has 0 radical (unpaired) electrons. The number of hydrogen-bond donors (Lipinski definition) is 1. The predicted molar refractivity (Wildman–Crippen MR) is 98.8 cm³/mol. The standard InChI is InChI=1S/C17H13ClN4O2S/c1-17(9-14(23)20-13-4-2-3-7-22(13)17)15(24)21-16-19-11-6-5-10(18)8-12(11)25-16/h2-8H,9H2,1H3,(H,19,21,24). The van der Waals surface area contributed by atoms with Crippen LogP contribution in [0.1, 0.15) is 13.3 Å². The lowest BCUT2D eigenvalue weighted by atomic mass is 9.91. The molecular weight excluding hydrogens is 360 g/mol. The first-order valence-electron chi connectivity index (χ1n) is 7.59. The Morgan fingerprint density at radius 1 is 1.40 bits per heavy atom. The number of aromatic nitrogens is 1. The molecule has 8 heteroatoms. The van der Waals surface area contributed by atoms with Crippen molar-refractivity contribution in [2.24, 2.45) is 4.99 Å². The van der Waals surface area contributed by atoms with Crippen molar-refractivity contribution in [3.05, 3.63) is 47.6 Å². The summed E-state index contributed by atoms with van der Waals surface area (Å²) in [6.45, 7) is 1.72. The van der Waals surface area contributed by atoms with Gasteiger partial charge in [0.2, 0.25) is 0 Å². The number of carbonyl (C=O) groups is 2. The summed E-state index contributed by atoms with van der Waals surface area (Å²) in [5.41, 5.74) is -0.303. The van der Waals surface area contributed by atoms with E-state index in [1.165, 1.54) is 11.3 Å². The quantitative estimate of drug-likeness (QED) is 0.877. The number of anilines is 1. The molecule has 0 bridgehead atoms. The summed E-state index contributed by atoms with van der Waals surface area (Å²) in [4.78, 5) is 35.1. The summed E-state index contributed by atoms with van der Waals surface area (Å²) in [5.74, 6) is -0.161. The van der Waals surface area contributed by atoms with E-state index in [9.17, 15) is 9.59 Å². The average molecular weight is 373 g/mol. The Balaban J connectivity index is 1.65. The smallest absolute Gasteiger partial charge is 0.252 e. The second kappa shape index (κ2) is 5.79. The van der Waals surface area contributed by atoms with Crippen LogP contribution in [0.5, 0.6) is 0 Å². The summed E-state index contributed by atoms with van der Waals surface area (Å²) < 4.78 is 0.885. The van der Waals surface area contributed by atoms with Gasteiger partial charge in [-0.05, 0) is 37.3 Å². The zero-order valence-corrected chi connectivity index (χ0v) is 14.8. The number of amides is 2. The molecule has 0 fully saturated rings. The van der Waals surface area contributed by atoms with Crippen LogP contribution in [0.4, 0.5) is 5.13 Å². The Labute approximate surface area is 152 Å². The van der Waals surface area contributed by atoms with Gasteiger partial charge in [-0.15, -0.1) is 0 Å². The number of benzene rings is 1. The van der Waals surface area contributed by atoms with E-state index in [1.807, 2.05) is 0 Å². The van der Waals surface area contributed by atoms with E-state index in [0.29, 0.717) is 16.0 Å². The largest absolute Gasteiger partial charge is 0.317 e. The van der Waals surface area contributed by atoms with Crippen molar-refractivity contribution < 1.29 is 9.59 Å². The summed E-state index contributed by atoms with van der Waals surface area (Å²) in [6.07, 6.45) is 7.05. The fourth-order valence-electron chi connectivity index (χ4n) is 2.86. The molecule has 3 heterocycles. The molecule has 0 saturated carbocycles. The molecule has 1 N–H and O–H groups in total. The lowest BCUT2D eigenvalue weighted by Crippen LogP contribution is -2.58. The van der Waals surface area contributed by atoms with Crippen LogP contribution in [-0.4, -0.2) is 33.1 Å². The van der Waals surface area contributed by atoms with Crippen LogP contribution in [0.15, 0.2) is 47.6 Å². The monoisotopic (exact) mass is 372 g/mol. The van der Waals surface area contributed by atoms with Crippen LogP contribution in [0, 0.1) is 0 Å². The van der Waals surface area contributed by atoms with Crippen LogP contribution in [-0.2, 0) is 9.59 Å². The molecule has 2 amide bonds. The van der Waals surface area contributed by atoms with Crippen molar-refractivity contribution in [3.8, 4) is 0 Å². The number of amidine groups is 1. The van der Waals surface area contributed by atoms with E-state index >= 15 is 0 Å². The molecule has 126 valence electrons. The fourth-order valence-corrected chi connectivity index (χ4v) is 4.00. The predicted octanol–water partition coefficient (Wildman–Crippen LogP) is 3.36. The highest BCUT2D eigenvalue weighted by atomic mass is 35.5. The number of nitrogens with zero attached hydrogens (tertiary/aromatic N) is 3. The summed E-state index contributed by atoms with van der Waals surface area (Å²) in [7, 11) is 0. The minimum absolute atomic E-state index is 0.00274. The number of allylic oxidation sites excluding steroid dienone is 2. The van der Waals surface area contributed by atoms with Crippen molar-refractivity contribution in [2.75, 3.05) is 5.32 Å². The van der Waals surface area contributed by atoms with Crippen molar-refractivity contribution in [2.45, 2.75) is 18.9 Å². The maximum atomic E-state index is 13.0. The van der Waals surface area contributed by atoms with Gasteiger partial charge >= 0.3 is 0 Å². The third kappa shape index (κ3) is 2.75. The third-order valence-corrected chi connectivity index (χ3v) is 5.33. The van der Waals surface area contributed by atoms with E-state index in [2.05, 4.69) is 15.3 Å². The number of fused-ring (bicyclic) bond motifs is 2. The molecule has 6 nitrogen and oxygen atoms in total. The second-order valence-corrected chi connectivity index (χ2v) is 7.44. The van der Waals surface area contributed by atoms with E-state index in [1.54, 1.807) is 54.5 Å². The maximum Gasteiger partial charge on any atom is 0.252 e. The summed E-state index contributed by atoms with van der Waals surface area (Å²) in [6, 6.07) is 5.36. The van der Waals surface area contributed by atoms with Crippen molar-refractivity contribution in [1.29, 1.82) is 0 Å². The Kier molecular flexibility index (Phi) is 3.70. The minimum atomic E-state index is -1.06. The van der Waals surface area contributed by atoms with Gasteiger partial charge in [0, 0.05) is 11.2 Å². The van der Waals surface area contributed by atoms with Crippen LogP contribution in [0.3, 0.4) is 0 Å². The molecule has 2 aliphatic heterocycles. The molecule has 0 spiro atoms. The Hall–Kier alpha value is -2.51. The van der Waals surface area contributed by atoms with Gasteiger partial charge in [0.15, 0.2) is 5.13 Å². The van der Waals surface area contributed by atoms with Gasteiger partial charge < -0.3 is 4.90 Å². The van der Waals surface area contributed by atoms with Crippen molar-refractivity contribution >= 4 is 55.9 Å². The first-order chi connectivity index (χ1) is 12.0. The number of halogens is 1. The SMILES string of the molecule is CC1(C(=O)Nc2nc3ccc(Cl)cc3s2)CC(=O)N=C2C=CC=CN21. The van der Waals surface area contributed by atoms with Crippen LogP contribution in [0.25, 0.3) is 10.2 Å².